The van der Waals surface area contributed by atoms with Gasteiger partial charge in [-0.2, -0.15) is 18.4 Å². The van der Waals surface area contributed by atoms with Crippen LogP contribution in [0.3, 0.4) is 0 Å². The lowest BCUT2D eigenvalue weighted by Crippen LogP contribution is -2.11. The van der Waals surface area contributed by atoms with E-state index < -0.39 is 17.3 Å². The smallest absolute Gasteiger partial charge is 0.417 e. The van der Waals surface area contributed by atoms with Gasteiger partial charge in [0.2, 0.25) is 0 Å². The molecule has 0 N–H and O–H groups in total. The molecule has 1 aromatic rings. The van der Waals surface area contributed by atoms with Gasteiger partial charge in [0.1, 0.15) is 12.4 Å². The highest BCUT2D eigenvalue weighted by Gasteiger charge is 2.34. The molecule has 0 aromatic heterocycles. The van der Waals surface area contributed by atoms with Gasteiger partial charge in [-0.3, -0.25) is 0 Å². The molecule has 0 saturated heterocycles. The second-order valence-electron chi connectivity index (χ2n) is 3.77. The van der Waals surface area contributed by atoms with Crippen LogP contribution in [-0.2, 0) is 15.7 Å². The Morgan fingerprint density at radius 2 is 1.85 bits per heavy atom. The highest BCUT2D eigenvalue weighted by molar-refractivity contribution is 5.44. The van der Waals surface area contributed by atoms with Crippen LogP contribution in [0, 0.1) is 11.3 Å². The number of halogens is 3. The third-order valence-corrected chi connectivity index (χ3v) is 2.35. The monoisotopic (exact) mass is 289 g/mol. The molecule has 0 aliphatic carbocycles. The summed E-state index contributed by atoms with van der Waals surface area (Å²) in [5, 5.41) is 8.65. The SMILES string of the molecule is COCCOCCOc1ccc(C#N)c(C(F)(F)F)c1. The minimum Gasteiger partial charge on any atom is -0.491 e. The van der Waals surface area contributed by atoms with Crippen LogP contribution in [0.4, 0.5) is 13.2 Å². The molecule has 20 heavy (non-hydrogen) atoms. The molecular weight excluding hydrogens is 275 g/mol. The molecule has 0 aliphatic heterocycles. The van der Waals surface area contributed by atoms with E-state index in [1.807, 2.05) is 0 Å². The van der Waals surface area contributed by atoms with Crippen molar-refractivity contribution < 1.29 is 27.4 Å². The van der Waals surface area contributed by atoms with Crippen molar-refractivity contribution in [3.8, 4) is 11.8 Å². The molecule has 0 radical (unpaired) electrons. The van der Waals surface area contributed by atoms with Crippen molar-refractivity contribution >= 4 is 0 Å². The third kappa shape index (κ3) is 5.07. The fourth-order valence-corrected chi connectivity index (χ4v) is 1.41. The molecule has 4 nitrogen and oxygen atoms in total. The molecule has 0 fully saturated rings. The number of hydrogen-bond donors (Lipinski definition) is 0. The zero-order chi connectivity index (χ0) is 15.0. The summed E-state index contributed by atoms with van der Waals surface area (Å²) >= 11 is 0. The van der Waals surface area contributed by atoms with Crippen molar-refractivity contribution in [2.24, 2.45) is 0 Å². The Morgan fingerprint density at radius 1 is 1.15 bits per heavy atom. The van der Waals surface area contributed by atoms with Crippen molar-refractivity contribution in [3.05, 3.63) is 29.3 Å². The number of ether oxygens (including phenoxy) is 3. The molecule has 1 rings (SSSR count). The van der Waals surface area contributed by atoms with E-state index in [4.69, 9.17) is 19.5 Å². The molecule has 0 unspecified atom stereocenters. The van der Waals surface area contributed by atoms with Crippen LogP contribution in [0.15, 0.2) is 18.2 Å². The van der Waals surface area contributed by atoms with Gasteiger partial charge in [-0.05, 0) is 18.2 Å². The van der Waals surface area contributed by atoms with Crippen molar-refractivity contribution in [2.75, 3.05) is 33.5 Å². The second kappa shape index (κ2) is 7.72. The Morgan fingerprint density at radius 3 is 2.45 bits per heavy atom. The lowest BCUT2D eigenvalue weighted by molar-refractivity contribution is -0.137. The number of nitrogens with zero attached hydrogens (tertiary/aromatic N) is 1. The van der Waals surface area contributed by atoms with E-state index in [0.29, 0.717) is 13.2 Å². The molecule has 0 bridgehead atoms. The van der Waals surface area contributed by atoms with E-state index in [-0.39, 0.29) is 19.0 Å². The van der Waals surface area contributed by atoms with E-state index in [9.17, 15) is 13.2 Å². The van der Waals surface area contributed by atoms with Gasteiger partial charge < -0.3 is 14.2 Å². The van der Waals surface area contributed by atoms with Gasteiger partial charge in [-0.1, -0.05) is 0 Å². The van der Waals surface area contributed by atoms with Gasteiger partial charge >= 0.3 is 6.18 Å². The predicted molar refractivity (Wildman–Crippen MR) is 64.3 cm³/mol. The van der Waals surface area contributed by atoms with E-state index >= 15 is 0 Å². The van der Waals surface area contributed by atoms with Crippen LogP contribution >= 0.6 is 0 Å². The molecule has 1 aromatic carbocycles. The molecular formula is C13H14F3NO3. The zero-order valence-corrected chi connectivity index (χ0v) is 10.9. The Bertz CT molecular complexity index is 469. The summed E-state index contributed by atoms with van der Waals surface area (Å²) in [5.41, 5.74) is -1.43. The maximum Gasteiger partial charge on any atom is 0.417 e. The first kappa shape index (κ1) is 16.3. The van der Waals surface area contributed by atoms with Crippen molar-refractivity contribution in [1.29, 1.82) is 5.26 Å². The molecule has 0 amide bonds. The fourth-order valence-electron chi connectivity index (χ4n) is 1.41. The summed E-state index contributed by atoms with van der Waals surface area (Å²) in [6.07, 6.45) is -4.58. The van der Waals surface area contributed by atoms with Crippen molar-refractivity contribution in [3.63, 3.8) is 0 Å². The average molecular weight is 289 g/mol. The maximum atomic E-state index is 12.7. The summed E-state index contributed by atoms with van der Waals surface area (Å²) in [5.74, 6) is 0.0478. The molecule has 110 valence electrons. The zero-order valence-electron chi connectivity index (χ0n) is 10.9. The van der Waals surface area contributed by atoms with Gasteiger partial charge in [-0.25, -0.2) is 0 Å². The lowest BCUT2D eigenvalue weighted by Gasteiger charge is -2.12. The van der Waals surface area contributed by atoms with E-state index in [1.165, 1.54) is 19.2 Å². The van der Waals surface area contributed by atoms with Crippen LogP contribution in [0.2, 0.25) is 0 Å². The Labute approximate surface area is 114 Å². The van der Waals surface area contributed by atoms with Gasteiger partial charge in [-0.15, -0.1) is 0 Å². The van der Waals surface area contributed by atoms with Crippen LogP contribution in [0.5, 0.6) is 5.75 Å². The predicted octanol–water partition coefficient (Wildman–Crippen LogP) is 2.62. The molecule has 0 spiro atoms. The van der Waals surface area contributed by atoms with Gasteiger partial charge in [0.15, 0.2) is 0 Å². The average Bonchev–Trinajstić information content (AvgIpc) is 2.41. The third-order valence-electron chi connectivity index (χ3n) is 2.35. The first-order chi connectivity index (χ1) is 9.49. The summed E-state index contributed by atoms with van der Waals surface area (Å²) in [6.45, 7) is 1.19. The molecule has 0 aliphatic rings. The quantitative estimate of drug-likeness (QED) is 0.724. The minimum absolute atomic E-state index is 0.0478. The van der Waals surface area contributed by atoms with Crippen molar-refractivity contribution in [2.45, 2.75) is 6.18 Å². The van der Waals surface area contributed by atoms with Crippen LogP contribution < -0.4 is 4.74 Å². The van der Waals surface area contributed by atoms with E-state index in [1.54, 1.807) is 0 Å². The summed E-state index contributed by atoms with van der Waals surface area (Å²) in [7, 11) is 1.54. The lowest BCUT2D eigenvalue weighted by atomic mass is 10.1. The van der Waals surface area contributed by atoms with Gasteiger partial charge in [0, 0.05) is 7.11 Å². The number of hydrogen-bond acceptors (Lipinski definition) is 4. The largest absolute Gasteiger partial charge is 0.491 e. The molecule has 0 heterocycles. The first-order valence-electron chi connectivity index (χ1n) is 5.80. The van der Waals surface area contributed by atoms with Crippen LogP contribution in [0.1, 0.15) is 11.1 Å². The minimum atomic E-state index is -4.58. The van der Waals surface area contributed by atoms with Crippen LogP contribution in [0.25, 0.3) is 0 Å². The molecule has 0 saturated carbocycles. The molecule has 7 heteroatoms. The summed E-state index contributed by atoms with van der Waals surface area (Å²) < 4.78 is 53.1. The number of rotatable bonds is 7. The van der Waals surface area contributed by atoms with Crippen LogP contribution in [-0.4, -0.2) is 33.5 Å². The highest BCUT2D eigenvalue weighted by Crippen LogP contribution is 2.34. The Kier molecular flexibility index (Phi) is 6.28. The number of alkyl halides is 3. The Hall–Kier alpha value is -1.78. The van der Waals surface area contributed by atoms with Gasteiger partial charge in [0.05, 0.1) is 37.0 Å². The van der Waals surface area contributed by atoms with E-state index in [2.05, 4.69) is 0 Å². The maximum absolute atomic E-state index is 12.7. The highest BCUT2D eigenvalue weighted by atomic mass is 19.4. The molecule has 0 atom stereocenters. The fraction of sp³-hybridized carbons (Fsp3) is 0.462. The number of nitriles is 1. The Balaban J connectivity index is 2.58. The standard InChI is InChI=1S/C13H14F3NO3/c1-18-4-5-19-6-7-20-11-3-2-10(9-17)12(8-11)13(14,15)16/h2-3,8H,4-7H2,1H3. The van der Waals surface area contributed by atoms with Gasteiger partial charge in [0.25, 0.3) is 0 Å². The summed E-state index contributed by atoms with van der Waals surface area (Å²) in [6, 6.07) is 4.73. The van der Waals surface area contributed by atoms with Crippen molar-refractivity contribution in [1.82, 2.24) is 0 Å². The topological polar surface area (TPSA) is 51.5 Å². The summed E-state index contributed by atoms with van der Waals surface area (Å²) in [4.78, 5) is 0. The number of benzene rings is 1. The second-order valence-corrected chi connectivity index (χ2v) is 3.77. The van der Waals surface area contributed by atoms with E-state index in [0.717, 1.165) is 12.1 Å². The normalized spacial score (nSPS) is 11.2. The first-order valence-corrected chi connectivity index (χ1v) is 5.80. The number of methoxy groups -OCH3 is 1.